The van der Waals surface area contributed by atoms with Gasteiger partial charge in [0.2, 0.25) is 0 Å². The van der Waals surface area contributed by atoms with Crippen LogP contribution in [0.1, 0.15) is 11.4 Å². The van der Waals surface area contributed by atoms with Gasteiger partial charge in [-0.15, -0.1) is 0 Å². The first kappa shape index (κ1) is 23.7. The van der Waals surface area contributed by atoms with Gasteiger partial charge in [-0.3, -0.25) is 4.57 Å². The van der Waals surface area contributed by atoms with Crippen molar-refractivity contribution < 1.29 is 13.8 Å². The van der Waals surface area contributed by atoms with Gasteiger partial charge in [0.15, 0.2) is 23.0 Å². The van der Waals surface area contributed by atoms with Gasteiger partial charge in [-0.1, -0.05) is 44.0 Å². The zero-order chi connectivity index (χ0) is 24.1. The summed E-state index contributed by atoms with van der Waals surface area (Å²) in [5.74, 6) is 0.532. The van der Waals surface area contributed by atoms with Crippen molar-refractivity contribution in [2.45, 2.75) is 0 Å². The lowest BCUT2D eigenvalue weighted by Gasteiger charge is -2.11. The average molecular weight is 604 g/mol. The summed E-state index contributed by atoms with van der Waals surface area (Å²) in [6.07, 6.45) is 0. The van der Waals surface area contributed by atoms with Gasteiger partial charge in [-0.25, -0.2) is 20.3 Å². The Morgan fingerprint density at radius 1 is 0.794 bits per heavy atom. The fraction of sp³-hybridized carbons (Fsp3) is 0. The first-order valence-corrected chi connectivity index (χ1v) is 12.2. The van der Waals surface area contributed by atoms with Crippen LogP contribution >= 0.6 is 40.1 Å². The molecular formula is C20H13Br2N8O3P. The Hall–Kier alpha value is -3.45. The fourth-order valence-electron chi connectivity index (χ4n) is 2.84. The van der Waals surface area contributed by atoms with E-state index < -0.39 is 8.25 Å². The molecule has 0 aliphatic heterocycles. The van der Waals surface area contributed by atoms with Crippen LogP contribution in [0.25, 0.3) is 11.4 Å². The molecule has 0 radical (unpaired) electrons. The molecule has 2 aromatic carbocycles. The molecule has 0 aliphatic rings. The van der Waals surface area contributed by atoms with Crippen LogP contribution in [0, 0.1) is 22.7 Å². The Labute approximate surface area is 210 Å². The summed E-state index contributed by atoms with van der Waals surface area (Å²) in [5.41, 5.74) is 6.57. The van der Waals surface area contributed by atoms with E-state index in [0.29, 0.717) is 11.4 Å². The summed E-state index contributed by atoms with van der Waals surface area (Å²) in [7, 11) is -3.13. The van der Waals surface area contributed by atoms with E-state index in [-0.39, 0.29) is 23.0 Å². The summed E-state index contributed by atoms with van der Waals surface area (Å²) in [6, 6.07) is 21.2. The van der Waals surface area contributed by atoms with E-state index in [1.165, 1.54) is 21.5 Å². The zero-order valence-corrected chi connectivity index (χ0v) is 21.1. The molecule has 0 amide bonds. The molecule has 2 aromatic heterocycles. The van der Waals surface area contributed by atoms with Crippen molar-refractivity contribution in [3.05, 3.63) is 81.0 Å². The highest BCUT2D eigenvalue weighted by Crippen LogP contribution is 2.28. The summed E-state index contributed by atoms with van der Waals surface area (Å²) >= 11 is 6.77. The number of rotatable bonds is 8. The molecule has 4 aromatic rings. The van der Waals surface area contributed by atoms with Gasteiger partial charge < -0.3 is 0 Å². The lowest BCUT2D eigenvalue weighted by atomic mass is 10.3. The molecule has 170 valence electrons. The summed E-state index contributed by atoms with van der Waals surface area (Å²) in [4.78, 5) is 0. The predicted molar refractivity (Wildman–Crippen MR) is 130 cm³/mol. The molecule has 0 aliphatic carbocycles. The molecule has 0 fully saturated rings. The van der Waals surface area contributed by atoms with E-state index in [9.17, 15) is 15.1 Å². The highest BCUT2D eigenvalue weighted by molar-refractivity contribution is 9.10. The van der Waals surface area contributed by atoms with Crippen LogP contribution in [-0.2, 0) is 13.8 Å². The normalized spacial score (nSPS) is 10.6. The van der Waals surface area contributed by atoms with Crippen molar-refractivity contribution in [3.63, 3.8) is 0 Å². The topological polar surface area (TPSA) is 143 Å². The Kier molecular flexibility index (Phi) is 7.43. The minimum absolute atomic E-state index is 0.131. The van der Waals surface area contributed by atoms with E-state index >= 15 is 0 Å². The van der Waals surface area contributed by atoms with Gasteiger partial charge >= 0.3 is 8.25 Å². The second kappa shape index (κ2) is 10.7. The van der Waals surface area contributed by atoms with Gasteiger partial charge in [0, 0.05) is 21.1 Å². The smallest absolute Gasteiger partial charge is 0.259 e. The van der Waals surface area contributed by atoms with Gasteiger partial charge in [-0.2, -0.15) is 30.0 Å². The van der Waals surface area contributed by atoms with E-state index in [2.05, 4.69) is 53.0 Å². The Morgan fingerprint density at radius 3 is 1.62 bits per heavy atom. The van der Waals surface area contributed by atoms with E-state index in [4.69, 9.17) is 9.25 Å². The number of aromatic nitrogens is 4. The largest absolute Gasteiger partial charge is 0.361 e. The van der Waals surface area contributed by atoms with Gasteiger partial charge in [0.05, 0.1) is 11.4 Å². The van der Waals surface area contributed by atoms with Crippen LogP contribution in [0.5, 0.6) is 0 Å². The highest BCUT2D eigenvalue weighted by atomic mass is 79.9. The van der Waals surface area contributed by atoms with Gasteiger partial charge in [0.1, 0.15) is 12.1 Å². The molecule has 34 heavy (non-hydrogen) atoms. The number of anilines is 2. The van der Waals surface area contributed by atoms with E-state index in [1.807, 2.05) is 24.3 Å². The third-order valence-corrected chi connectivity index (χ3v) is 5.76. The van der Waals surface area contributed by atoms with Crippen molar-refractivity contribution in [3.8, 4) is 23.5 Å². The molecule has 0 bridgehead atoms. The number of benzene rings is 2. The van der Waals surface area contributed by atoms with Gasteiger partial charge in [-0.05, 0) is 36.4 Å². The third kappa shape index (κ3) is 5.54. The SMILES string of the molecule is N#Cc1cc(NO[PH](=O)ONc2cc(C#N)nn2-c2cccc(Br)c2)n(-c2cccc(Br)c2)n1. The molecule has 0 unspecified atom stereocenters. The molecular weight excluding hydrogens is 591 g/mol. The molecule has 0 saturated heterocycles. The van der Waals surface area contributed by atoms with Crippen molar-refractivity contribution in [2.75, 3.05) is 11.0 Å². The Balaban J connectivity index is 1.46. The maximum Gasteiger partial charge on any atom is 0.361 e. The number of hydrogen-bond acceptors (Lipinski definition) is 9. The lowest BCUT2D eigenvalue weighted by molar-refractivity contribution is 0.293. The third-order valence-electron chi connectivity index (χ3n) is 4.23. The minimum Gasteiger partial charge on any atom is -0.259 e. The molecule has 0 spiro atoms. The summed E-state index contributed by atoms with van der Waals surface area (Å²) in [5, 5.41) is 26.7. The molecule has 11 nitrogen and oxygen atoms in total. The summed E-state index contributed by atoms with van der Waals surface area (Å²) < 4.78 is 27.1. The molecule has 2 heterocycles. The zero-order valence-electron chi connectivity index (χ0n) is 16.9. The van der Waals surface area contributed by atoms with Crippen LogP contribution in [0.2, 0.25) is 0 Å². The Bertz CT molecular complexity index is 1350. The second-order valence-corrected chi connectivity index (χ2v) is 9.23. The molecule has 2 N–H and O–H groups in total. The lowest BCUT2D eigenvalue weighted by Crippen LogP contribution is -2.07. The van der Waals surface area contributed by atoms with E-state index in [0.717, 1.165) is 8.95 Å². The number of nitrogens with zero attached hydrogens (tertiary/aromatic N) is 6. The molecule has 4 rings (SSSR count). The van der Waals surface area contributed by atoms with Crippen LogP contribution in [0.3, 0.4) is 0 Å². The number of halogens is 2. The van der Waals surface area contributed by atoms with Crippen LogP contribution in [0.15, 0.2) is 69.6 Å². The predicted octanol–water partition coefficient (Wildman–Crippen LogP) is 5.10. The highest BCUT2D eigenvalue weighted by Gasteiger charge is 2.14. The monoisotopic (exact) mass is 602 g/mol. The minimum atomic E-state index is -3.13. The van der Waals surface area contributed by atoms with Gasteiger partial charge in [0.25, 0.3) is 0 Å². The van der Waals surface area contributed by atoms with Crippen LogP contribution in [-0.4, -0.2) is 19.6 Å². The first-order valence-electron chi connectivity index (χ1n) is 9.38. The fourth-order valence-corrected chi connectivity index (χ4v) is 4.03. The quantitative estimate of drug-likeness (QED) is 0.207. The second-order valence-electron chi connectivity index (χ2n) is 6.49. The number of nitriles is 2. The first-order chi connectivity index (χ1) is 16.5. The number of nitrogens with one attached hydrogen (secondary N) is 2. The summed E-state index contributed by atoms with van der Waals surface area (Å²) in [6.45, 7) is 0. The van der Waals surface area contributed by atoms with Crippen LogP contribution in [0.4, 0.5) is 11.6 Å². The average Bonchev–Trinajstić information content (AvgIpc) is 3.45. The Morgan fingerprint density at radius 2 is 1.24 bits per heavy atom. The van der Waals surface area contributed by atoms with Crippen molar-refractivity contribution >= 4 is 51.8 Å². The van der Waals surface area contributed by atoms with Crippen molar-refractivity contribution in [2.24, 2.45) is 0 Å². The molecule has 0 atom stereocenters. The molecule has 14 heteroatoms. The number of hydrogen-bond donors (Lipinski definition) is 2. The van der Waals surface area contributed by atoms with Crippen LogP contribution < -0.4 is 11.0 Å². The molecule has 0 saturated carbocycles. The van der Waals surface area contributed by atoms with Crippen molar-refractivity contribution in [1.82, 2.24) is 19.6 Å². The maximum atomic E-state index is 12.4. The standard InChI is InChI=1S/C20H13Br2N8O3P/c21-13-3-1-5-17(7-13)29-19(9-15(11-23)25-29)27-32-34(31)33-28-20-10-16(12-24)26-30(20)18-6-2-4-14(22)8-18/h1-10,27-28,34H. The van der Waals surface area contributed by atoms with Crippen molar-refractivity contribution in [1.29, 1.82) is 10.5 Å². The van der Waals surface area contributed by atoms with E-state index in [1.54, 1.807) is 36.4 Å². The maximum absolute atomic E-state index is 12.4.